The van der Waals surface area contributed by atoms with Crippen LogP contribution in [0.3, 0.4) is 0 Å². The van der Waals surface area contributed by atoms with Crippen LogP contribution in [0.5, 0.6) is 0 Å². The Kier molecular flexibility index (Phi) is 13.1. The number of H-pyrrole nitrogens is 1. The van der Waals surface area contributed by atoms with Gasteiger partial charge in [-0.05, 0) is 44.7 Å². The Morgan fingerprint density at radius 3 is 2.36 bits per heavy atom. The van der Waals surface area contributed by atoms with Crippen LogP contribution in [0.1, 0.15) is 38.3 Å². The molecule has 0 radical (unpaired) electrons. The van der Waals surface area contributed by atoms with Gasteiger partial charge in [-0.2, -0.15) is 11.8 Å². The van der Waals surface area contributed by atoms with E-state index >= 15 is 0 Å². The molecule has 1 aromatic heterocycles. The summed E-state index contributed by atoms with van der Waals surface area (Å²) in [5.74, 6) is -2.35. The normalized spacial score (nSPS) is 14.5. The van der Waals surface area contributed by atoms with Crippen molar-refractivity contribution in [1.29, 1.82) is 0 Å². The van der Waals surface area contributed by atoms with E-state index in [1.54, 1.807) is 0 Å². The zero-order chi connectivity index (χ0) is 24.8. The molecule has 1 aromatic rings. The average Bonchev–Trinajstić information content (AvgIpc) is 3.28. The molecule has 0 fully saturated rings. The van der Waals surface area contributed by atoms with E-state index in [1.807, 2.05) is 6.26 Å². The Morgan fingerprint density at radius 1 is 1.09 bits per heavy atom. The van der Waals surface area contributed by atoms with E-state index in [0.29, 0.717) is 30.8 Å². The number of unbranched alkanes of at least 4 members (excludes halogenated alkanes) is 1. The van der Waals surface area contributed by atoms with E-state index in [9.17, 15) is 24.3 Å². The van der Waals surface area contributed by atoms with Gasteiger partial charge in [0.2, 0.25) is 17.7 Å². The third-order valence-corrected chi connectivity index (χ3v) is 5.54. The first-order valence-electron chi connectivity index (χ1n) is 10.7. The van der Waals surface area contributed by atoms with Gasteiger partial charge in [-0.1, -0.05) is 6.42 Å². The van der Waals surface area contributed by atoms with Crippen LogP contribution in [0.4, 0.5) is 0 Å². The Morgan fingerprint density at radius 2 is 1.79 bits per heavy atom. The Balaban J connectivity index is 2.79. The van der Waals surface area contributed by atoms with Crippen LogP contribution < -0.4 is 27.4 Å². The highest BCUT2D eigenvalue weighted by Crippen LogP contribution is 2.05. The maximum Gasteiger partial charge on any atom is 0.326 e. The van der Waals surface area contributed by atoms with Crippen LogP contribution in [0, 0.1) is 0 Å². The van der Waals surface area contributed by atoms with Crippen molar-refractivity contribution in [2.45, 2.75) is 63.2 Å². The summed E-state index contributed by atoms with van der Waals surface area (Å²) in [4.78, 5) is 56.0. The number of aromatic nitrogens is 2. The first-order chi connectivity index (χ1) is 15.7. The average molecular weight is 486 g/mol. The molecule has 0 aliphatic carbocycles. The smallest absolute Gasteiger partial charge is 0.326 e. The van der Waals surface area contributed by atoms with E-state index in [0.717, 1.165) is 6.42 Å². The van der Waals surface area contributed by atoms with Crippen molar-refractivity contribution >= 4 is 35.5 Å². The quantitative estimate of drug-likeness (QED) is 0.139. The number of carbonyl (C=O) groups is 4. The molecular weight excluding hydrogens is 450 g/mol. The predicted octanol–water partition coefficient (Wildman–Crippen LogP) is -1.28. The lowest BCUT2D eigenvalue weighted by Gasteiger charge is -2.23. The van der Waals surface area contributed by atoms with Crippen LogP contribution in [0.25, 0.3) is 0 Å². The summed E-state index contributed by atoms with van der Waals surface area (Å²) in [7, 11) is 0. The maximum atomic E-state index is 12.8. The van der Waals surface area contributed by atoms with Gasteiger partial charge in [0.05, 0.1) is 12.4 Å². The zero-order valence-corrected chi connectivity index (χ0v) is 19.8. The predicted molar refractivity (Wildman–Crippen MR) is 125 cm³/mol. The number of hydrogen-bond donors (Lipinski definition) is 7. The van der Waals surface area contributed by atoms with Gasteiger partial charge in [0.25, 0.3) is 0 Å². The lowest BCUT2D eigenvalue weighted by Crippen LogP contribution is -2.57. The number of hydrogen-bond acceptors (Lipinski definition) is 8. The van der Waals surface area contributed by atoms with E-state index in [-0.39, 0.29) is 12.8 Å². The minimum absolute atomic E-state index is 0.0612. The molecule has 13 heteroatoms. The monoisotopic (exact) mass is 485 g/mol. The molecule has 3 amide bonds. The summed E-state index contributed by atoms with van der Waals surface area (Å²) >= 11 is 1.46. The molecule has 0 saturated carbocycles. The van der Waals surface area contributed by atoms with Crippen molar-refractivity contribution in [3.63, 3.8) is 0 Å². The first-order valence-corrected chi connectivity index (χ1v) is 12.1. The molecule has 1 rings (SSSR count). The molecule has 0 spiro atoms. The summed E-state index contributed by atoms with van der Waals surface area (Å²) in [6.45, 7) is 1.98. The summed E-state index contributed by atoms with van der Waals surface area (Å²) in [5, 5.41) is 17.0. The SMILES string of the molecule is CSCCC(NC(=O)C(Cc1cnc[nH]1)NC(=O)C(C)NC(=O)C(N)CCCCN)C(=O)O. The van der Waals surface area contributed by atoms with E-state index in [2.05, 4.69) is 25.9 Å². The molecule has 186 valence electrons. The maximum absolute atomic E-state index is 12.8. The first kappa shape index (κ1) is 28.4. The molecule has 0 aliphatic heterocycles. The van der Waals surface area contributed by atoms with Crippen molar-refractivity contribution in [3.05, 3.63) is 18.2 Å². The van der Waals surface area contributed by atoms with Crippen LogP contribution in [0.15, 0.2) is 12.5 Å². The Bertz CT molecular complexity index is 762. The number of amides is 3. The van der Waals surface area contributed by atoms with E-state index < -0.39 is 47.9 Å². The van der Waals surface area contributed by atoms with Crippen LogP contribution in [-0.2, 0) is 25.6 Å². The molecule has 1 heterocycles. The topological polar surface area (TPSA) is 205 Å². The molecule has 9 N–H and O–H groups in total. The minimum Gasteiger partial charge on any atom is -0.480 e. The number of carbonyl (C=O) groups excluding carboxylic acids is 3. The van der Waals surface area contributed by atoms with Gasteiger partial charge in [0.15, 0.2) is 0 Å². The third kappa shape index (κ3) is 10.7. The molecule has 12 nitrogen and oxygen atoms in total. The van der Waals surface area contributed by atoms with Gasteiger partial charge >= 0.3 is 5.97 Å². The number of nitrogens with zero attached hydrogens (tertiary/aromatic N) is 1. The van der Waals surface area contributed by atoms with Gasteiger partial charge < -0.3 is 37.5 Å². The van der Waals surface area contributed by atoms with Crippen molar-refractivity contribution in [2.75, 3.05) is 18.6 Å². The summed E-state index contributed by atoms with van der Waals surface area (Å²) in [6, 6.07) is -3.90. The number of rotatable bonds is 16. The molecule has 0 aromatic carbocycles. The van der Waals surface area contributed by atoms with Gasteiger partial charge in [-0.25, -0.2) is 9.78 Å². The fourth-order valence-electron chi connectivity index (χ4n) is 2.91. The molecule has 0 bridgehead atoms. The Hall–Kier alpha value is -2.64. The third-order valence-electron chi connectivity index (χ3n) is 4.90. The highest BCUT2D eigenvalue weighted by molar-refractivity contribution is 7.98. The van der Waals surface area contributed by atoms with Crippen molar-refractivity contribution in [1.82, 2.24) is 25.9 Å². The lowest BCUT2D eigenvalue weighted by atomic mass is 10.1. The number of aliphatic carboxylic acids is 1. The highest BCUT2D eigenvalue weighted by Gasteiger charge is 2.29. The standard InChI is InChI=1S/C20H35N7O5S/c1-12(25-18(29)14(22)5-3-4-7-21)17(28)27-16(9-13-10-23-11-24-13)19(30)26-15(20(31)32)6-8-33-2/h10-12,14-16H,3-9,21-22H2,1-2H3,(H,23,24)(H,25,29)(H,26,30)(H,27,28)(H,31,32). The second-order valence-electron chi connectivity index (χ2n) is 7.64. The number of carboxylic acids is 1. The molecule has 0 saturated heterocycles. The van der Waals surface area contributed by atoms with E-state index in [1.165, 1.54) is 31.2 Å². The molecule has 33 heavy (non-hydrogen) atoms. The number of imidazole rings is 1. The molecule has 4 atom stereocenters. The number of nitrogens with one attached hydrogen (secondary N) is 4. The van der Waals surface area contributed by atoms with Crippen LogP contribution in [0.2, 0.25) is 0 Å². The summed E-state index contributed by atoms with van der Waals surface area (Å²) in [6.07, 6.45) is 6.94. The van der Waals surface area contributed by atoms with Crippen LogP contribution >= 0.6 is 11.8 Å². The summed E-state index contributed by atoms with van der Waals surface area (Å²) in [5.41, 5.74) is 11.9. The van der Waals surface area contributed by atoms with Crippen molar-refractivity contribution < 1.29 is 24.3 Å². The second kappa shape index (κ2) is 15.2. The van der Waals surface area contributed by atoms with Crippen molar-refractivity contribution in [3.8, 4) is 0 Å². The molecule has 4 unspecified atom stereocenters. The van der Waals surface area contributed by atoms with Gasteiger partial charge in [0.1, 0.15) is 18.1 Å². The second-order valence-corrected chi connectivity index (χ2v) is 8.63. The van der Waals surface area contributed by atoms with E-state index in [4.69, 9.17) is 11.5 Å². The fraction of sp³-hybridized carbons (Fsp3) is 0.650. The number of carboxylic acid groups (broad SMARTS) is 1. The Labute approximate surface area is 197 Å². The highest BCUT2D eigenvalue weighted by atomic mass is 32.2. The van der Waals surface area contributed by atoms with Gasteiger partial charge in [-0.3, -0.25) is 14.4 Å². The summed E-state index contributed by atoms with van der Waals surface area (Å²) < 4.78 is 0. The van der Waals surface area contributed by atoms with Crippen LogP contribution in [-0.4, -0.2) is 81.5 Å². The number of thioether (sulfide) groups is 1. The number of nitrogens with two attached hydrogens (primary N) is 2. The lowest BCUT2D eigenvalue weighted by molar-refractivity contribution is -0.142. The van der Waals surface area contributed by atoms with Gasteiger partial charge in [-0.15, -0.1) is 0 Å². The van der Waals surface area contributed by atoms with Crippen molar-refractivity contribution in [2.24, 2.45) is 11.5 Å². The molecule has 0 aliphatic rings. The minimum atomic E-state index is -1.16. The molecular formula is C20H35N7O5S. The zero-order valence-electron chi connectivity index (χ0n) is 19.0. The largest absolute Gasteiger partial charge is 0.480 e. The fourth-order valence-corrected chi connectivity index (χ4v) is 3.38. The number of aromatic amines is 1. The van der Waals surface area contributed by atoms with Gasteiger partial charge in [0, 0.05) is 18.3 Å².